The van der Waals surface area contributed by atoms with Gasteiger partial charge in [-0.05, 0) is 62.0 Å². The van der Waals surface area contributed by atoms with Crippen LogP contribution in [0.3, 0.4) is 0 Å². The van der Waals surface area contributed by atoms with Crippen molar-refractivity contribution < 1.29 is 9.53 Å². The van der Waals surface area contributed by atoms with Crippen LogP contribution in [0.2, 0.25) is 0 Å². The first-order valence-corrected chi connectivity index (χ1v) is 7.67. The number of nitrogens with one attached hydrogen (secondary N) is 2. The smallest absolute Gasteiger partial charge is 0.337 e. The maximum absolute atomic E-state index is 11.7. The molecular formula is C16H23N3O2. The van der Waals surface area contributed by atoms with Crippen LogP contribution in [-0.2, 0) is 4.74 Å². The highest BCUT2D eigenvalue weighted by Crippen LogP contribution is 2.42. The van der Waals surface area contributed by atoms with Gasteiger partial charge in [-0.3, -0.25) is 0 Å². The fourth-order valence-corrected chi connectivity index (χ4v) is 3.62. The first-order valence-electron chi connectivity index (χ1n) is 7.67. The molecule has 3 atom stereocenters. The third-order valence-corrected chi connectivity index (χ3v) is 4.65. The van der Waals surface area contributed by atoms with Crippen LogP contribution in [0.1, 0.15) is 41.2 Å². The van der Waals surface area contributed by atoms with Gasteiger partial charge < -0.3 is 21.1 Å². The number of rotatable bonds is 4. The molecule has 21 heavy (non-hydrogen) atoms. The van der Waals surface area contributed by atoms with Gasteiger partial charge in [0.15, 0.2) is 0 Å². The van der Waals surface area contributed by atoms with Crippen molar-refractivity contribution in [2.24, 2.45) is 11.7 Å². The molecule has 1 fully saturated rings. The number of hydrogen-bond donors (Lipinski definition) is 3. The Bertz CT molecular complexity index is 532. The highest BCUT2D eigenvalue weighted by molar-refractivity contribution is 5.90. The lowest BCUT2D eigenvalue weighted by Gasteiger charge is -2.37. The largest absolute Gasteiger partial charge is 0.465 e. The first kappa shape index (κ1) is 14.4. The Morgan fingerprint density at radius 2 is 2.33 bits per heavy atom. The Balaban J connectivity index is 1.90. The van der Waals surface area contributed by atoms with Crippen molar-refractivity contribution in [1.29, 1.82) is 0 Å². The van der Waals surface area contributed by atoms with Crippen LogP contribution >= 0.6 is 0 Å². The van der Waals surface area contributed by atoms with E-state index in [1.807, 2.05) is 18.2 Å². The SMILES string of the molecule is COC(=O)c1ccc2c(c1)[C@H]1NCC[C@H]1[C@@H](CCCN)N2. The minimum absolute atomic E-state index is 0.280. The number of ether oxygens (including phenoxy) is 1. The van der Waals surface area contributed by atoms with Gasteiger partial charge in [0.2, 0.25) is 0 Å². The van der Waals surface area contributed by atoms with Crippen LogP contribution in [0.4, 0.5) is 5.69 Å². The zero-order valence-electron chi connectivity index (χ0n) is 12.4. The minimum atomic E-state index is -0.280. The Kier molecular flexibility index (Phi) is 4.12. The fourth-order valence-electron chi connectivity index (χ4n) is 3.62. The lowest BCUT2D eigenvalue weighted by Crippen LogP contribution is -2.38. The Morgan fingerprint density at radius 3 is 3.10 bits per heavy atom. The molecule has 4 N–H and O–H groups in total. The third kappa shape index (κ3) is 2.63. The summed E-state index contributed by atoms with van der Waals surface area (Å²) in [7, 11) is 1.42. The van der Waals surface area contributed by atoms with E-state index in [-0.39, 0.29) is 5.97 Å². The van der Waals surface area contributed by atoms with E-state index < -0.39 is 0 Å². The summed E-state index contributed by atoms with van der Waals surface area (Å²) < 4.78 is 4.82. The molecule has 114 valence electrons. The quantitative estimate of drug-likeness (QED) is 0.735. The lowest BCUT2D eigenvalue weighted by atomic mass is 9.81. The van der Waals surface area contributed by atoms with E-state index >= 15 is 0 Å². The van der Waals surface area contributed by atoms with Crippen molar-refractivity contribution in [2.45, 2.75) is 31.3 Å². The van der Waals surface area contributed by atoms with Crippen molar-refractivity contribution in [3.05, 3.63) is 29.3 Å². The van der Waals surface area contributed by atoms with Gasteiger partial charge in [0.05, 0.1) is 12.7 Å². The average Bonchev–Trinajstić information content (AvgIpc) is 3.01. The monoisotopic (exact) mass is 289 g/mol. The maximum atomic E-state index is 11.7. The number of methoxy groups -OCH3 is 1. The van der Waals surface area contributed by atoms with Gasteiger partial charge in [-0.15, -0.1) is 0 Å². The molecule has 1 aromatic carbocycles. The molecule has 0 aromatic heterocycles. The molecule has 1 aromatic rings. The fraction of sp³-hybridized carbons (Fsp3) is 0.562. The third-order valence-electron chi connectivity index (χ3n) is 4.65. The molecule has 0 amide bonds. The number of nitrogens with two attached hydrogens (primary N) is 1. The van der Waals surface area contributed by atoms with Crippen LogP contribution in [0.15, 0.2) is 18.2 Å². The highest BCUT2D eigenvalue weighted by Gasteiger charge is 2.39. The van der Waals surface area contributed by atoms with Crippen molar-refractivity contribution in [2.75, 3.05) is 25.5 Å². The first-order chi connectivity index (χ1) is 10.2. The molecule has 0 bridgehead atoms. The van der Waals surface area contributed by atoms with Crippen molar-refractivity contribution in [3.8, 4) is 0 Å². The summed E-state index contributed by atoms with van der Waals surface area (Å²) in [5.74, 6) is 0.287. The van der Waals surface area contributed by atoms with Crippen LogP contribution in [0, 0.1) is 5.92 Å². The topological polar surface area (TPSA) is 76.4 Å². The average molecular weight is 289 g/mol. The second kappa shape index (κ2) is 6.03. The van der Waals surface area contributed by atoms with Gasteiger partial charge in [-0.25, -0.2) is 4.79 Å². The number of carbonyl (C=O) groups is 1. The second-order valence-electron chi connectivity index (χ2n) is 5.86. The van der Waals surface area contributed by atoms with Gasteiger partial charge >= 0.3 is 5.97 Å². The number of esters is 1. The molecule has 0 radical (unpaired) electrons. The molecular weight excluding hydrogens is 266 g/mol. The lowest BCUT2D eigenvalue weighted by molar-refractivity contribution is 0.0600. The predicted octanol–water partition coefficient (Wildman–Crippen LogP) is 1.66. The highest BCUT2D eigenvalue weighted by atomic mass is 16.5. The van der Waals surface area contributed by atoms with E-state index in [0.717, 1.165) is 38.0 Å². The summed E-state index contributed by atoms with van der Waals surface area (Å²) in [5, 5.41) is 7.22. The van der Waals surface area contributed by atoms with Crippen LogP contribution < -0.4 is 16.4 Å². The summed E-state index contributed by atoms with van der Waals surface area (Å²) in [6.45, 7) is 1.76. The van der Waals surface area contributed by atoms with Crippen LogP contribution in [0.5, 0.6) is 0 Å². The van der Waals surface area contributed by atoms with E-state index in [2.05, 4.69) is 10.6 Å². The summed E-state index contributed by atoms with van der Waals surface area (Å²) in [4.78, 5) is 11.7. The number of carbonyl (C=O) groups excluding carboxylic acids is 1. The molecule has 5 nitrogen and oxygen atoms in total. The summed E-state index contributed by atoms with van der Waals surface area (Å²) in [6, 6.07) is 6.57. The molecule has 5 heteroatoms. The van der Waals surface area contributed by atoms with Crippen molar-refractivity contribution in [3.63, 3.8) is 0 Å². The van der Waals surface area contributed by atoms with Crippen LogP contribution in [-0.4, -0.2) is 32.2 Å². The number of hydrogen-bond acceptors (Lipinski definition) is 5. The van der Waals surface area contributed by atoms with Crippen molar-refractivity contribution in [1.82, 2.24) is 5.32 Å². The Labute approximate surface area is 125 Å². The van der Waals surface area contributed by atoms with Gasteiger partial charge in [0.25, 0.3) is 0 Å². The molecule has 3 rings (SSSR count). The van der Waals surface area contributed by atoms with Gasteiger partial charge in [0, 0.05) is 17.8 Å². The van der Waals surface area contributed by atoms with Gasteiger partial charge in [-0.1, -0.05) is 0 Å². The zero-order chi connectivity index (χ0) is 14.8. The Hall–Kier alpha value is -1.59. The van der Waals surface area contributed by atoms with E-state index in [0.29, 0.717) is 23.6 Å². The molecule has 2 aliphatic rings. The van der Waals surface area contributed by atoms with Crippen LogP contribution in [0.25, 0.3) is 0 Å². The number of anilines is 1. The minimum Gasteiger partial charge on any atom is -0.465 e. The zero-order valence-corrected chi connectivity index (χ0v) is 12.4. The number of benzene rings is 1. The van der Waals surface area contributed by atoms with Crippen molar-refractivity contribution >= 4 is 11.7 Å². The standard InChI is InChI=1S/C16H23N3O2/c1-21-16(20)10-4-5-14-12(9-10)15-11(6-8-18-15)13(19-14)3-2-7-17/h4-5,9,11,13,15,18-19H,2-3,6-8,17H2,1H3/t11-,13+,15-/m0/s1. The van der Waals surface area contributed by atoms with E-state index in [1.165, 1.54) is 12.7 Å². The van der Waals surface area contributed by atoms with E-state index in [4.69, 9.17) is 10.5 Å². The Morgan fingerprint density at radius 1 is 1.48 bits per heavy atom. The molecule has 1 saturated heterocycles. The van der Waals surface area contributed by atoms with Gasteiger partial charge in [0.1, 0.15) is 0 Å². The maximum Gasteiger partial charge on any atom is 0.337 e. The molecule has 2 heterocycles. The van der Waals surface area contributed by atoms with Gasteiger partial charge in [-0.2, -0.15) is 0 Å². The summed E-state index contributed by atoms with van der Waals surface area (Å²) >= 11 is 0. The molecule has 2 aliphatic heterocycles. The van der Waals surface area contributed by atoms with E-state index in [1.54, 1.807) is 0 Å². The molecule has 0 aliphatic carbocycles. The number of fused-ring (bicyclic) bond motifs is 3. The predicted molar refractivity (Wildman–Crippen MR) is 82.3 cm³/mol. The van der Waals surface area contributed by atoms with E-state index in [9.17, 15) is 4.79 Å². The molecule has 0 saturated carbocycles. The summed E-state index contributed by atoms with van der Waals surface area (Å²) in [6.07, 6.45) is 3.29. The molecule has 0 unspecified atom stereocenters. The normalized spacial score (nSPS) is 26.7. The summed E-state index contributed by atoms with van der Waals surface area (Å²) in [5.41, 5.74) is 8.58. The molecule has 0 spiro atoms. The second-order valence-corrected chi connectivity index (χ2v) is 5.86.